The van der Waals surface area contributed by atoms with Gasteiger partial charge in [-0.15, -0.1) is 0 Å². The van der Waals surface area contributed by atoms with Crippen LogP contribution in [0.25, 0.3) is 0 Å². The van der Waals surface area contributed by atoms with E-state index in [9.17, 15) is 4.79 Å². The van der Waals surface area contributed by atoms with E-state index in [0.29, 0.717) is 0 Å². The maximum Gasteiger partial charge on any atom is 0.410 e. The van der Waals surface area contributed by atoms with E-state index in [1.54, 1.807) is 0 Å². The number of primary amides is 1. The topological polar surface area (TPSA) is 94.7 Å². The zero-order valence-corrected chi connectivity index (χ0v) is 6.85. The molecule has 1 aromatic rings. The van der Waals surface area contributed by atoms with Crippen LogP contribution in [0, 0.1) is 0 Å². The molecule has 0 aromatic carbocycles. The Morgan fingerprint density at radius 2 is 2.38 bits per heavy atom. The highest BCUT2D eigenvalue weighted by Gasteiger charge is 2.09. The molecule has 0 atom stereocenters. The van der Waals surface area contributed by atoms with Gasteiger partial charge in [0.05, 0.1) is 13.3 Å². The van der Waals surface area contributed by atoms with Crippen LogP contribution in [0.15, 0.2) is 12.3 Å². The molecule has 0 saturated carbocycles. The molecular weight excluding hydrogens is 176 g/mol. The SMILES string of the molecule is COc1ncc(O)cc1OC(N)=O. The number of amides is 1. The fourth-order valence-corrected chi connectivity index (χ4v) is 0.756. The minimum Gasteiger partial charge on any atom is -0.506 e. The van der Waals surface area contributed by atoms with Crippen LogP contribution in [0.3, 0.4) is 0 Å². The molecule has 0 fully saturated rings. The lowest BCUT2D eigenvalue weighted by Crippen LogP contribution is -2.16. The van der Waals surface area contributed by atoms with Crippen LogP contribution in [0.5, 0.6) is 17.4 Å². The number of nitrogens with zero attached hydrogens (tertiary/aromatic N) is 1. The van der Waals surface area contributed by atoms with Crippen LogP contribution in [-0.4, -0.2) is 23.3 Å². The third kappa shape index (κ3) is 2.22. The Balaban J connectivity index is 3.01. The van der Waals surface area contributed by atoms with E-state index in [1.807, 2.05) is 0 Å². The number of aromatic hydroxyl groups is 1. The minimum absolute atomic E-state index is 0.0185. The van der Waals surface area contributed by atoms with Crippen molar-refractivity contribution < 1.29 is 19.4 Å². The molecular formula is C7H8N2O4. The van der Waals surface area contributed by atoms with Crippen molar-refractivity contribution in [3.05, 3.63) is 12.3 Å². The van der Waals surface area contributed by atoms with Gasteiger partial charge in [0.2, 0.25) is 0 Å². The average Bonchev–Trinajstić information content (AvgIpc) is 2.03. The first-order valence-electron chi connectivity index (χ1n) is 3.33. The van der Waals surface area contributed by atoms with Gasteiger partial charge >= 0.3 is 6.09 Å². The maximum atomic E-state index is 10.4. The largest absolute Gasteiger partial charge is 0.506 e. The van der Waals surface area contributed by atoms with E-state index < -0.39 is 6.09 Å². The molecule has 13 heavy (non-hydrogen) atoms. The number of pyridine rings is 1. The van der Waals surface area contributed by atoms with E-state index in [0.717, 1.165) is 6.20 Å². The summed E-state index contributed by atoms with van der Waals surface area (Å²) >= 11 is 0. The number of hydrogen-bond donors (Lipinski definition) is 2. The fourth-order valence-electron chi connectivity index (χ4n) is 0.756. The Hall–Kier alpha value is -1.98. The van der Waals surface area contributed by atoms with Crippen molar-refractivity contribution in [3.63, 3.8) is 0 Å². The Labute approximate surface area is 73.9 Å². The molecule has 1 aromatic heterocycles. The van der Waals surface area contributed by atoms with Gasteiger partial charge in [-0.2, -0.15) is 0 Å². The Morgan fingerprint density at radius 3 is 2.92 bits per heavy atom. The third-order valence-electron chi connectivity index (χ3n) is 1.21. The Morgan fingerprint density at radius 1 is 1.69 bits per heavy atom. The van der Waals surface area contributed by atoms with Crippen LogP contribution < -0.4 is 15.2 Å². The molecule has 0 aliphatic heterocycles. The molecule has 1 heterocycles. The number of aromatic nitrogens is 1. The molecule has 0 aliphatic rings. The van der Waals surface area contributed by atoms with Gasteiger partial charge in [-0.3, -0.25) is 0 Å². The highest BCUT2D eigenvalue weighted by molar-refractivity contribution is 5.69. The van der Waals surface area contributed by atoms with Crippen molar-refractivity contribution in [3.8, 4) is 17.4 Å². The number of carbonyl (C=O) groups excluding carboxylic acids is 1. The molecule has 0 unspecified atom stereocenters. The van der Waals surface area contributed by atoms with Crippen molar-refractivity contribution in [1.82, 2.24) is 4.98 Å². The lowest BCUT2D eigenvalue weighted by molar-refractivity contribution is 0.208. The number of hydrogen-bond acceptors (Lipinski definition) is 5. The summed E-state index contributed by atoms with van der Waals surface area (Å²) in [6.45, 7) is 0. The standard InChI is InChI=1S/C7H8N2O4/c1-12-6-5(13-7(8)11)2-4(10)3-9-6/h2-3,10H,1H3,(H2,8,11). The Bertz CT molecular complexity index is 326. The molecule has 3 N–H and O–H groups in total. The van der Waals surface area contributed by atoms with Gasteiger partial charge in [0.1, 0.15) is 5.75 Å². The number of ether oxygens (including phenoxy) is 2. The quantitative estimate of drug-likeness (QED) is 0.687. The van der Waals surface area contributed by atoms with E-state index >= 15 is 0 Å². The summed E-state index contributed by atoms with van der Waals surface area (Å²) < 4.78 is 9.25. The summed E-state index contributed by atoms with van der Waals surface area (Å²) in [6, 6.07) is 1.18. The van der Waals surface area contributed by atoms with Crippen LogP contribution in [0.4, 0.5) is 4.79 Å². The van der Waals surface area contributed by atoms with Crippen molar-refractivity contribution in [2.75, 3.05) is 7.11 Å². The normalized spacial score (nSPS) is 9.31. The zero-order valence-electron chi connectivity index (χ0n) is 6.85. The lowest BCUT2D eigenvalue weighted by atomic mass is 10.4. The molecule has 70 valence electrons. The molecule has 6 nitrogen and oxygen atoms in total. The predicted octanol–water partition coefficient (Wildman–Crippen LogP) is 0.253. The first-order valence-corrected chi connectivity index (χ1v) is 3.33. The lowest BCUT2D eigenvalue weighted by Gasteiger charge is -2.05. The number of rotatable bonds is 2. The molecule has 0 aliphatic carbocycles. The molecule has 0 spiro atoms. The molecule has 0 bridgehead atoms. The highest BCUT2D eigenvalue weighted by Crippen LogP contribution is 2.27. The van der Waals surface area contributed by atoms with E-state index in [-0.39, 0.29) is 17.4 Å². The predicted molar refractivity (Wildman–Crippen MR) is 42.7 cm³/mol. The van der Waals surface area contributed by atoms with Gasteiger partial charge in [0.25, 0.3) is 5.88 Å². The molecule has 1 rings (SSSR count). The number of nitrogens with two attached hydrogens (primary N) is 1. The number of carbonyl (C=O) groups is 1. The van der Waals surface area contributed by atoms with Crippen molar-refractivity contribution in [1.29, 1.82) is 0 Å². The molecule has 6 heteroatoms. The van der Waals surface area contributed by atoms with Crippen LogP contribution >= 0.6 is 0 Å². The smallest absolute Gasteiger partial charge is 0.410 e. The number of methoxy groups -OCH3 is 1. The van der Waals surface area contributed by atoms with Gasteiger partial charge in [0.15, 0.2) is 5.75 Å². The average molecular weight is 184 g/mol. The van der Waals surface area contributed by atoms with E-state index in [2.05, 4.69) is 9.72 Å². The summed E-state index contributed by atoms with van der Waals surface area (Å²) in [5.74, 6) is -0.0800. The second kappa shape index (κ2) is 3.61. The highest BCUT2D eigenvalue weighted by atomic mass is 16.6. The van der Waals surface area contributed by atoms with Crippen molar-refractivity contribution in [2.24, 2.45) is 5.73 Å². The summed E-state index contributed by atoms with van der Waals surface area (Å²) in [4.78, 5) is 14.0. The third-order valence-corrected chi connectivity index (χ3v) is 1.21. The zero-order chi connectivity index (χ0) is 9.84. The van der Waals surface area contributed by atoms with Gasteiger partial charge in [0, 0.05) is 6.07 Å². The van der Waals surface area contributed by atoms with Crippen molar-refractivity contribution >= 4 is 6.09 Å². The van der Waals surface area contributed by atoms with Gasteiger partial charge in [-0.1, -0.05) is 0 Å². The van der Waals surface area contributed by atoms with Gasteiger partial charge in [-0.05, 0) is 0 Å². The summed E-state index contributed by atoms with van der Waals surface area (Å²) in [5.41, 5.74) is 4.77. The minimum atomic E-state index is -0.995. The Kier molecular flexibility index (Phi) is 2.53. The molecule has 0 radical (unpaired) electrons. The van der Waals surface area contributed by atoms with Crippen LogP contribution in [0.1, 0.15) is 0 Å². The first kappa shape index (κ1) is 9.11. The van der Waals surface area contributed by atoms with E-state index in [1.165, 1.54) is 13.2 Å². The maximum absolute atomic E-state index is 10.4. The van der Waals surface area contributed by atoms with Gasteiger partial charge < -0.3 is 20.3 Å². The summed E-state index contributed by atoms with van der Waals surface area (Å²) in [7, 11) is 1.35. The van der Waals surface area contributed by atoms with Crippen molar-refractivity contribution in [2.45, 2.75) is 0 Å². The van der Waals surface area contributed by atoms with E-state index in [4.69, 9.17) is 15.6 Å². The fraction of sp³-hybridized carbons (Fsp3) is 0.143. The second-order valence-electron chi connectivity index (χ2n) is 2.12. The second-order valence-corrected chi connectivity index (χ2v) is 2.12. The van der Waals surface area contributed by atoms with Gasteiger partial charge in [-0.25, -0.2) is 9.78 Å². The summed E-state index contributed by atoms with van der Waals surface area (Å²) in [6.07, 6.45) is 0.165. The monoisotopic (exact) mass is 184 g/mol. The first-order chi connectivity index (χ1) is 6.13. The van der Waals surface area contributed by atoms with Crippen LogP contribution in [0.2, 0.25) is 0 Å². The van der Waals surface area contributed by atoms with Crippen LogP contribution in [-0.2, 0) is 0 Å². The summed E-state index contributed by atoms with van der Waals surface area (Å²) in [5, 5.41) is 9.00. The molecule has 1 amide bonds. The molecule has 0 saturated heterocycles.